The Balaban J connectivity index is -0.0000000197. The third kappa shape index (κ3) is 27100. The molecule has 0 unspecified atom stereocenters. The molecule has 0 bridgehead atoms. The molecule has 0 aliphatic rings. The van der Waals surface area contributed by atoms with Crippen molar-refractivity contribution in [2.24, 2.45) is 11.5 Å². The topological polar surface area (TPSA) is 201 Å². The molecule has 0 aliphatic carbocycles. The molecule has 11 heteroatoms. The summed E-state index contributed by atoms with van der Waals surface area (Å²) in [5.41, 5.74) is 9.81. The van der Waals surface area contributed by atoms with E-state index in [1.54, 1.807) is 0 Å². The summed E-state index contributed by atoms with van der Waals surface area (Å²) in [7, 11) is 0. The van der Waals surface area contributed by atoms with E-state index in [-0.39, 0.29) is 25.9 Å². The molecule has 21 heavy (non-hydrogen) atoms. The smallest absolute Gasteiger partial charge is 1.00 e. The Bertz CT molecular complexity index is 205. The van der Waals surface area contributed by atoms with Crippen molar-refractivity contribution in [3.05, 3.63) is 0 Å². The molecular formula is C10H26MgN2O8. The zero-order valence-electron chi connectivity index (χ0n) is 14.7. The predicted molar refractivity (Wildman–Crippen MR) is 79.3 cm³/mol. The molecule has 0 rings (SSSR count). The minimum Gasteiger partial charge on any atom is -1.00 e. The summed E-state index contributed by atoms with van der Waals surface area (Å²) in [5, 5.41) is 29.7. The van der Waals surface area contributed by atoms with Gasteiger partial charge < -0.3 is 34.7 Å². The number of carboxylic acids is 4. The molecule has 0 aromatic rings. The Kier molecular flexibility index (Phi) is 63.3. The van der Waals surface area contributed by atoms with Gasteiger partial charge in [-0.25, -0.2) is 0 Å². The van der Waals surface area contributed by atoms with Crippen LogP contribution in [0.4, 0.5) is 0 Å². The second kappa shape index (κ2) is 36.3. The van der Waals surface area contributed by atoms with Crippen molar-refractivity contribution in [2.75, 3.05) is 13.1 Å². The van der Waals surface area contributed by atoms with E-state index in [0.717, 1.165) is 27.7 Å². The molecule has 0 fully saturated rings. The first-order valence-corrected chi connectivity index (χ1v) is 5.03. The van der Waals surface area contributed by atoms with Gasteiger partial charge in [0.1, 0.15) is 0 Å². The first-order valence-electron chi connectivity index (χ1n) is 5.03. The average Bonchev–Trinajstić information content (AvgIpc) is 2.13. The fraction of sp³-hybridized carbons (Fsp3) is 0.600. The van der Waals surface area contributed by atoms with Crippen molar-refractivity contribution in [3.8, 4) is 0 Å². The molecule has 8 N–H and O–H groups in total. The maximum atomic E-state index is 9.00. The second-order valence-electron chi connectivity index (χ2n) is 2.65. The summed E-state index contributed by atoms with van der Waals surface area (Å²) >= 11 is 0. The van der Waals surface area contributed by atoms with Gasteiger partial charge in [-0.05, 0) is 0 Å². The molecule has 0 aromatic carbocycles. The van der Waals surface area contributed by atoms with Crippen LogP contribution in [0.25, 0.3) is 0 Å². The van der Waals surface area contributed by atoms with Crippen LogP contribution in [0.3, 0.4) is 0 Å². The molecule has 0 radical (unpaired) electrons. The van der Waals surface area contributed by atoms with Crippen molar-refractivity contribution in [1.82, 2.24) is 0 Å². The molecule has 10 nitrogen and oxygen atoms in total. The first-order chi connectivity index (χ1) is 8.84. The van der Waals surface area contributed by atoms with E-state index in [0.29, 0.717) is 13.1 Å². The van der Waals surface area contributed by atoms with Gasteiger partial charge in [-0.3, -0.25) is 19.2 Å². The number of carbonyl (C=O) groups is 4. The SMILES string of the molecule is CC(=O)O.CC(=O)O.CC(=O)O.CC(=O)O.NCCN.[H-].[H-].[Mg+2]. The Morgan fingerprint density at radius 2 is 0.714 bits per heavy atom. The van der Waals surface area contributed by atoms with E-state index in [4.69, 9.17) is 51.1 Å². The van der Waals surface area contributed by atoms with Crippen LogP contribution >= 0.6 is 0 Å². The largest absolute Gasteiger partial charge is 2.00 e. The minimum atomic E-state index is -0.833. The molecule has 126 valence electrons. The van der Waals surface area contributed by atoms with Crippen LogP contribution < -0.4 is 11.5 Å². The Hall–Kier alpha value is -1.43. The van der Waals surface area contributed by atoms with E-state index in [1.165, 1.54) is 0 Å². The van der Waals surface area contributed by atoms with Crippen molar-refractivity contribution in [3.63, 3.8) is 0 Å². The minimum absolute atomic E-state index is 0. The van der Waals surface area contributed by atoms with Crippen LogP contribution in [0.1, 0.15) is 30.5 Å². The zero-order chi connectivity index (χ0) is 17.7. The van der Waals surface area contributed by atoms with Crippen molar-refractivity contribution in [1.29, 1.82) is 0 Å². The van der Waals surface area contributed by atoms with Crippen LogP contribution in [-0.2, 0) is 19.2 Å². The summed E-state index contributed by atoms with van der Waals surface area (Å²) in [6.07, 6.45) is 0. The summed E-state index contributed by atoms with van der Waals surface area (Å²) in [6, 6.07) is 0. The predicted octanol–water partition coefficient (Wildman–Crippen LogP) is -0.888. The monoisotopic (exact) mass is 326 g/mol. The van der Waals surface area contributed by atoms with Gasteiger partial charge in [0.25, 0.3) is 23.9 Å². The van der Waals surface area contributed by atoms with Crippen LogP contribution in [0.5, 0.6) is 0 Å². The fourth-order valence-corrected chi connectivity index (χ4v) is 0. The van der Waals surface area contributed by atoms with Gasteiger partial charge in [0.05, 0.1) is 0 Å². The number of rotatable bonds is 1. The number of hydrogen-bond acceptors (Lipinski definition) is 6. The maximum absolute atomic E-state index is 9.00. The average molecular weight is 327 g/mol. The third-order valence-corrected chi connectivity index (χ3v) is 0.167. The summed E-state index contributed by atoms with van der Waals surface area (Å²) in [6.45, 7) is 5.53. The number of aliphatic carboxylic acids is 4. The normalized spacial score (nSPS) is 6.19. The number of carboxylic acid groups (broad SMARTS) is 4. The molecule has 0 heterocycles. The molecule has 0 spiro atoms. The van der Waals surface area contributed by atoms with Crippen LogP contribution in [0.2, 0.25) is 0 Å². The van der Waals surface area contributed by atoms with Crippen LogP contribution in [-0.4, -0.2) is 80.4 Å². The molecule has 0 saturated carbocycles. The molecule has 0 atom stereocenters. The van der Waals surface area contributed by atoms with Gasteiger partial charge in [0, 0.05) is 40.8 Å². The molecular weight excluding hydrogens is 300 g/mol. The van der Waals surface area contributed by atoms with E-state index < -0.39 is 23.9 Å². The zero-order valence-corrected chi connectivity index (χ0v) is 14.1. The van der Waals surface area contributed by atoms with Crippen molar-refractivity contribution in [2.45, 2.75) is 27.7 Å². The van der Waals surface area contributed by atoms with E-state index in [1.807, 2.05) is 0 Å². The second-order valence-corrected chi connectivity index (χ2v) is 2.65. The van der Waals surface area contributed by atoms with Crippen LogP contribution in [0, 0.1) is 0 Å². The summed E-state index contributed by atoms with van der Waals surface area (Å²) in [5.74, 6) is -3.33. The standard InChI is InChI=1S/C2H8N2.4C2H4O2.Mg.2H/c3-1-2-4;4*1-2(3)4;;;/h1-4H2;4*1H3,(H,3,4);;;/q;;;;;+2;2*-1. The van der Waals surface area contributed by atoms with Crippen molar-refractivity contribution >= 4 is 46.9 Å². The van der Waals surface area contributed by atoms with Gasteiger partial charge in [0.2, 0.25) is 0 Å². The first kappa shape index (κ1) is 36.6. The molecule has 0 aromatic heterocycles. The number of nitrogens with two attached hydrogens (primary N) is 2. The Labute approximate surface area is 142 Å². The molecule has 0 aliphatic heterocycles. The van der Waals surface area contributed by atoms with Gasteiger partial charge >= 0.3 is 23.1 Å². The van der Waals surface area contributed by atoms with Gasteiger partial charge in [-0.15, -0.1) is 0 Å². The Morgan fingerprint density at radius 1 is 0.667 bits per heavy atom. The van der Waals surface area contributed by atoms with Crippen molar-refractivity contribution < 1.29 is 42.5 Å². The molecule has 0 amide bonds. The molecule has 0 saturated heterocycles. The van der Waals surface area contributed by atoms with Crippen LogP contribution in [0.15, 0.2) is 0 Å². The van der Waals surface area contributed by atoms with E-state index >= 15 is 0 Å². The quantitative estimate of drug-likeness (QED) is 0.328. The summed E-state index contributed by atoms with van der Waals surface area (Å²) in [4.78, 5) is 36.0. The third-order valence-electron chi connectivity index (χ3n) is 0.167. The van der Waals surface area contributed by atoms with Gasteiger partial charge in [-0.2, -0.15) is 0 Å². The summed E-state index contributed by atoms with van der Waals surface area (Å²) < 4.78 is 0. The van der Waals surface area contributed by atoms with E-state index in [9.17, 15) is 0 Å². The maximum Gasteiger partial charge on any atom is 2.00 e. The van der Waals surface area contributed by atoms with Gasteiger partial charge in [0.15, 0.2) is 0 Å². The number of hydrogen-bond donors (Lipinski definition) is 6. The van der Waals surface area contributed by atoms with E-state index in [2.05, 4.69) is 0 Å². The fourth-order valence-electron chi connectivity index (χ4n) is 0. The Morgan fingerprint density at radius 3 is 0.714 bits per heavy atom. The van der Waals surface area contributed by atoms with Gasteiger partial charge in [-0.1, -0.05) is 0 Å².